The van der Waals surface area contributed by atoms with Crippen molar-refractivity contribution in [2.24, 2.45) is 5.10 Å². The summed E-state index contributed by atoms with van der Waals surface area (Å²) in [4.78, 5) is 32.3. The van der Waals surface area contributed by atoms with Gasteiger partial charge in [0, 0.05) is 40.1 Å². The molecule has 2 aliphatic rings. The van der Waals surface area contributed by atoms with Gasteiger partial charge in [-0.1, -0.05) is 47.6 Å². The van der Waals surface area contributed by atoms with Crippen LogP contribution in [0.2, 0.25) is 5.02 Å². The molecule has 1 amide bonds. The molecule has 7 nitrogen and oxygen atoms in total. The van der Waals surface area contributed by atoms with Gasteiger partial charge in [0.05, 0.1) is 11.4 Å². The zero-order chi connectivity index (χ0) is 21.5. The van der Waals surface area contributed by atoms with Crippen molar-refractivity contribution < 1.29 is 9.59 Å². The maximum atomic E-state index is 13.1. The fourth-order valence-electron chi connectivity index (χ4n) is 3.69. The first kappa shape index (κ1) is 19.7. The number of fused-ring (bicyclic) bond motifs is 2. The molecule has 2 aliphatic heterocycles. The predicted octanol–water partition coefficient (Wildman–Crippen LogP) is 4.07. The quantitative estimate of drug-likeness (QED) is 0.584. The second-order valence-electron chi connectivity index (χ2n) is 7.18. The van der Waals surface area contributed by atoms with E-state index in [2.05, 4.69) is 15.5 Å². The summed E-state index contributed by atoms with van der Waals surface area (Å²) in [7, 11) is 0. The number of ketones is 1. The molecule has 0 fully saturated rings. The molecule has 1 unspecified atom stereocenters. The fraction of sp³-hybridized carbons (Fsp3) is 0.136. The molecule has 1 aromatic heterocycles. The summed E-state index contributed by atoms with van der Waals surface area (Å²) in [5.74, 6) is 0.0392. The molecule has 0 saturated heterocycles. The Morgan fingerprint density at radius 3 is 2.90 bits per heavy atom. The van der Waals surface area contributed by atoms with Crippen LogP contribution in [0.15, 0.2) is 66.2 Å². The van der Waals surface area contributed by atoms with Gasteiger partial charge < -0.3 is 4.98 Å². The number of hydrazone groups is 1. The van der Waals surface area contributed by atoms with E-state index in [0.717, 1.165) is 22.2 Å². The van der Waals surface area contributed by atoms with E-state index >= 15 is 0 Å². The van der Waals surface area contributed by atoms with E-state index in [-0.39, 0.29) is 17.4 Å². The van der Waals surface area contributed by atoms with Crippen LogP contribution in [0, 0.1) is 6.92 Å². The highest BCUT2D eigenvalue weighted by atomic mass is 35.5. The summed E-state index contributed by atoms with van der Waals surface area (Å²) in [6.07, 6.45) is 4.56. The number of aromatic nitrogens is 1. The Balaban J connectivity index is 1.30. The number of aromatic amines is 1. The molecule has 9 heteroatoms. The van der Waals surface area contributed by atoms with Crippen LogP contribution in [0.1, 0.15) is 15.9 Å². The number of thioether (sulfide) groups is 1. The van der Waals surface area contributed by atoms with Crippen LogP contribution < -0.4 is 10.3 Å². The van der Waals surface area contributed by atoms with Gasteiger partial charge >= 0.3 is 0 Å². The summed E-state index contributed by atoms with van der Waals surface area (Å²) in [5.41, 5.74) is 6.01. The normalized spacial score (nSPS) is 17.7. The molecular weight excluding hydrogens is 434 g/mol. The van der Waals surface area contributed by atoms with Crippen LogP contribution in [0.4, 0.5) is 5.69 Å². The molecule has 2 N–H and O–H groups in total. The van der Waals surface area contributed by atoms with E-state index in [1.54, 1.807) is 34.5 Å². The van der Waals surface area contributed by atoms with Crippen molar-refractivity contribution in [1.82, 2.24) is 15.3 Å². The zero-order valence-electron chi connectivity index (χ0n) is 16.5. The third kappa shape index (κ3) is 3.37. The third-order valence-corrected chi connectivity index (χ3v) is 6.73. The monoisotopic (exact) mass is 451 g/mol. The van der Waals surface area contributed by atoms with Gasteiger partial charge in [0.2, 0.25) is 6.17 Å². The van der Waals surface area contributed by atoms with Crippen LogP contribution in [-0.4, -0.2) is 38.7 Å². The van der Waals surface area contributed by atoms with Gasteiger partial charge in [-0.25, -0.2) is 0 Å². The van der Waals surface area contributed by atoms with Gasteiger partial charge in [-0.15, -0.1) is 0 Å². The van der Waals surface area contributed by atoms with E-state index in [1.807, 2.05) is 43.3 Å². The Hall–Kier alpha value is -3.23. The van der Waals surface area contributed by atoms with Crippen molar-refractivity contribution >= 4 is 56.8 Å². The number of anilines is 1. The lowest BCUT2D eigenvalue weighted by molar-refractivity contribution is -0.122. The minimum Gasteiger partial charge on any atom is -0.360 e. The van der Waals surface area contributed by atoms with Crippen molar-refractivity contribution in [3.05, 3.63) is 77.2 Å². The van der Waals surface area contributed by atoms with Crippen molar-refractivity contribution in [2.75, 3.05) is 10.7 Å². The van der Waals surface area contributed by atoms with Gasteiger partial charge in [-0.3, -0.25) is 24.8 Å². The summed E-state index contributed by atoms with van der Waals surface area (Å²) in [6, 6.07) is 13.2. The van der Waals surface area contributed by atoms with E-state index in [0.29, 0.717) is 15.8 Å². The lowest BCUT2D eigenvalue weighted by atomic mass is 10.1. The number of halogens is 1. The molecule has 1 atom stereocenters. The van der Waals surface area contributed by atoms with Crippen LogP contribution in [-0.2, 0) is 4.79 Å². The Morgan fingerprint density at radius 1 is 1.19 bits per heavy atom. The van der Waals surface area contributed by atoms with Crippen LogP contribution in [0.5, 0.6) is 0 Å². The van der Waals surface area contributed by atoms with Gasteiger partial charge in [0.15, 0.2) is 11.0 Å². The fourth-order valence-corrected chi connectivity index (χ4v) is 4.71. The van der Waals surface area contributed by atoms with E-state index in [9.17, 15) is 9.59 Å². The van der Waals surface area contributed by atoms with Crippen molar-refractivity contribution in [1.29, 1.82) is 0 Å². The van der Waals surface area contributed by atoms with Crippen molar-refractivity contribution in [3.63, 3.8) is 0 Å². The topological polar surface area (TPSA) is 80.8 Å². The Kier molecular flexibility index (Phi) is 4.95. The smallest absolute Gasteiger partial charge is 0.276 e. The van der Waals surface area contributed by atoms with Crippen LogP contribution in [0.25, 0.3) is 10.9 Å². The molecule has 2 aromatic carbocycles. The zero-order valence-corrected chi connectivity index (χ0v) is 18.1. The number of Topliss-reactive ketones (excluding diaryl/α,β-unsaturated/α-hetero) is 1. The molecular formula is C22H18ClN5O2S. The molecule has 3 heterocycles. The molecule has 0 bridgehead atoms. The molecule has 0 radical (unpaired) electrons. The predicted molar refractivity (Wildman–Crippen MR) is 124 cm³/mol. The maximum absolute atomic E-state index is 13.1. The first-order chi connectivity index (χ1) is 15.0. The summed E-state index contributed by atoms with van der Waals surface area (Å²) in [5, 5.41) is 6.36. The average Bonchev–Trinajstić information content (AvgIpc) is 3.39. The number of H-pyrrole nitrogens is 1. The molecule has 156 valence electrons. The minimum absolute atomic E-state index is 0.00269. The van der Waals surface area contributed by atoms with E-state index in [1.165, 1.54) is 11.8 Å². The second kappa shape index (κ2) is 7.79. The third-order valence-electron chi connectivity index (χ3n) is 5.35. The van der Waals surface area contributed by atoms with E-state index < -0.39 is 6.17 Å². The molecule has 31 heavy (non-hydrogen) atoms. The molecule has 0 saturated carbocycles. The molecule has 0 aliphatic carbocycles. The number of para-hydroxylation sites is 1. The van der Waals surface area contributed by atoms with Gasteiger partial charge in [0.25, 0.3) is 5.91 Å². The van der Waals surface area contributed by atoms with Gasteiger partial charge in [-0.05, 0) is 30.7 Å². The maximum Gasteiger partial charge on any atom is 0.276 e. The standard InChI is InChI=1S/C22H18ClN5O2S/c1-13-16(23)6-4-8-18(13)27-9-10-28-20(21(27)30)25-26-22(28)31-12-19(29)15-11-24-17-7-3-2-5-14(15)17/h2-11,20,24-25H,12H2,1H3. The van der Waals surface area contributed by atoms with Crippen LogP contribution in [0.3, 0.4) is 0 Å². The Labute approximate surface area is 187 Å². The number of amides is 1. The Bertz CT molecular complexity index is 1270. The minimum atomic E-state index is -0.658. The highest BCUT2D eigenvalue weighted by Gasteiger charge is 2.38. The second-order valence-corrected chi connectivity index (χ2v) is 8.53. The number of nitrogens with one attached hydrogen (secondary N) is 2. The summed E-state index contributed by atoms with van der Waals surface area (Å²) in [6.45, 7) is 1.88. The van der Waals surface area contributed by atoms with Crippen molar-refractivity contribution in [2.45, 2.75) is 13.1 Å². The molecule has 5 rings (SSSR count). The first-order valence-corrected chi connectivity index (χ1v) is 11.0. The Morgan fingerprint density at radius 2 is 2.03 bits per heavy atom. The van der Waals surface area contributed by atoms with Gasteiger partial charge in [0.1, 0.15) is 0 Å². The largest absolute Gasteiger partial charge is 0.360 e. The number of amidine groups is 1. The molecule has 3 aromatic rings. The van der Waals surface area contributed by atoms with Gasteiger partial charge in [-0.2, -0.15) is 5.10 Å². The number of benzene rings is 2. The lowest BCUT2D eigenvalue weighted by Gasteiger charge is -2.32. The summed E-state index contributed by atoms with van der Waals surface area (Å²) >= 11 is 7.51. The van der Waals surface area contributed by atoms with Crippen molar-refractivity contribution in [3.8, 4) is 0 Å². The number of rotatable bonds is 4. The highest BCUT2D eigenvalue weighted by Crippen LogP contribution is 2.31. The number of hydrogen-bond donors (Lipinski definition) is 2. The number of hydrogen-bond acceptors (Lipinski definition) is 6. The number of carbonyl (C=O) groups is 2. The lowest BCUT2D eigenvalue weighted by Crippen LogP contribution is -2.52. The number of carbonyl (C=O) groups excluding carboxylic acids is 2. The van der Waals surface area contributed by atoms with Crippen LogP contribution >= 0.6 is 23.4 Å². The highest BCUT2D eigenvalue weighted by molar-refractivity contribution is 8.14. The van der Waals surface area contributed by atoms with E-state index in [4.69, 9.17) is 11.6 Å². The number of nitrogens with zero attached hydrogens (tertiary/aromatic N) is 3. The summed E-state index contributed by atoms with van der Waals surface area (Å²) < 4.78 is 0. The first-order valence-electron chi connectivity index (χ1n) is 9.65. The average molecular weight is 452 g/mol. The SMILES string of the molecule is Cc1c(Cl)cccc1N1C=CN2C(SCC(=O)c3c[nH]c4ccccc34)=NNC2C1=O. The molecule has 0 spiro atoms.